The Hall–Kier alpha value is -1.02. The highest BCUT2D eigenvalue weighted by atomic mass is 16.3. The van der Waals surface area contributed by atoms with Crippen LogP contribution in [0.5, 0.6) is 0 Å². The molecule has 13 heavy (non-hydrogen) atoms. The minimum Gasteiger partial charge on any atom is -0.399 e. The molecule has 0 saturated carbocycles. The van der Waals surface area contributed by atoms with Gasteiger partial charge in [-0.05, 0) is 48.9 Å². The average Bonchev–Trinajstić information content (AvgIpc) is 2.29. The lowest BCUT2D eigenvalue weighted by Gasteiger charge is -2.05. The maximum atomic E-state index is 9.50. The summed E-state index contributed by atoms with van der Waals surface area (Å²) in [5.41, 5.74) is 9.20. The monoisotopic (exact) mass is 177 g/mol. The van der Waals surface area contributed by atoms with Crippen molar-refractivity contribution in [3.05, 3.63) is 29.3 Å². The third-order valence-electron chi connectivity index (χ3n) is 2.72. The van der Waals surface area contributed by atoms with E-state index in [1.165, 1.54) is 11.1 Å². The molecule has 0 saturated heterocycles. The Kier molecular flexibility index (Phi) is 2.23. The number of aliphatic hydroxyl groups is 1. The van der Waals surface area contributed by atoms with E-state index in [0.717, 1.165) is 31.4 Å². The van der Waals surface area contributed by atoms with E-state index in [4.69, 9.17) is 5.73 Å². The largest absolute Gasteiger partial charge is 0.399 e. The molecule has 2 nitrogen and oxygen atoms in total. The van der Waals surface area contributed by atoms with Gasteiger partial charge in [0.1, 0.15) is 0 Å². The zero-order valence-corrected chi connectivity index (χ0v) is 7.66. The fourth-order valence-corrected chi connectivity index (χ4v) is 1.91. The maximum absolute atomic E-state index is 9.50. The van der Waals surface area contributed by atoms with Crippen molar-refractivity contribution in [1.29, 1.82) is 0 Å². The number of aliphatic hydroxyl groups excluding tert-OH is 1. The predicted molar refractivity (Wildman–Crippen MR) is 53.5 cm³/mol. The van der Waals surface area contributed by atoms with Gasteiger partial charge in [-0.3, -0.25) is 0 Å². The van der Waals surface area contributed by atoms with Gasteiger partial charge in [0.2, 0.25) is 0 Å². The van der Waals surface area contributed by atoms with Crippen LogP contribution in [0.2, 0.25) is 0 Å². The van der Waals surface area contributed by atoms with Crippen LogP contribution >= 0.6 is 0 Å². The molecule has 1 aliphatic rings. The first-order valence-corrected chi connectivity index (χ1v) is 4.81. The SMILES string of the molecule is Nc1ccc2c(c1)CCC(O)CC2. The number of hydrogen-bond acceptors (Lipinski definition) is 2. The Morgan fingerprint density at radius 1 is 1.15 bits per heavy atom. The van der Waals surface area contributed by atoms with E-state index in [9.17, 15) is 5.11 Å². The standard InChI is InChI=1S/C11H15NO/c12-10-4-1-8-2-5-11(13)6-3-9(8)7-10/h1,4,7,11,13H,2-3,5-6,12H2. The van der Waals surface area contributed by atoms with E-state index in [-0.39, 0.29) is 6.10 Å². The molecule has 1 aromatic carbocycles. The Morgan fingerprint density at radius 3 is 2.62 bits per heavy atom. The van der Waals surface area contributed by atoms with Crippen LogP contribution in [-0.2, 0) is 12.8 Å². The van der Waals surface area contributed by atoms with Crippen LogP contribution in [0.1, 0.15) is 24.0 Å². The third-order valence-corrected chi connectivity index (χ3v) is 2.72. The van der Waals surface area contributed by atoms with Crippen LogP contribution in [0.15, 0.2) is 18.2 Å². The minimum absolute atomic E-state index is 0.131. The second-order valence-electron chi connectivity index (χ2n) is 3.76. The molecule has 0 bridgehead atoms. The molecule has 0 aliphatic heterocycles. The number of benzene rings is 1. The molecule has 0 spiro atoms. The quantitative estimate of drug-likeness (QED) is 0.466. The van der Waals surface area contributed by atoms with Crippen molar-refractivity contribution < 1.29 is 5.11 Å². The van der Waals surface area contributed by atoms with Crippen LogP contribution in [0.3, 0.4) is 0 Å². The van der Waals surface area contributed by atoms with Crippen molar-refractivity contribution in [2.75, 3.05) is 5.73 Å². The Bertz CT molecular complexity index is 309. The fourth-order valence-electron chi connectivity index (χ4n) is 1.91. The van der Waals surface area contributed by atoms with Gasteiger partial charge in [0.05, 0.1) is 6.10 Å². The smallest absolute Gasteiger partial charge is 0.0546 e. The van der Waals surface area contributed by atoms with Gasteiger partial charge in [-0.25, -0.2) is 0 Å². The lowest BCUT2D eigenvalue weighted by Crippen LogP contribution is -2.05. The van der Waals surface area contributed by atoms with Crippen molar-refractivity contribution in [3.8, 4) is 0 Å². The number of fused-ring (bicyclic) bond motifs is 1. The molecular formula is C11H15NO. The molecule has 1 atom stereocenters. The van der Waals surface area contributed by atoms with Gasteiger partial charge in [0.25, 0.3) is 0 Å². The number of nitrogens with two attached hydrogens (primary N) is 1. The van der Waals surface area contributed by atoms with Crippen molar-refractivity contribution in [3.63, 3.8) is 0 Å². The van der Waals surface area contributed by atoms with Crippen LogP contribution < -0.4 is 5.73 Å². The first-order valence-electron chi connectivity index (χ1n) is 4.81. The van der Waals surface area contributed by atoms with E-state index in [2.05, 4.69) is 6.07 Å². The molecule has 0 amide bonds. The van der Waals surface area contributed by atoms with Crippen molar-refractivity contribution in [2.24, 2.45) is 0 Å². The minimum atomic E-state index is -0.131. The summed E-state index contributed by atoms with van der Waals surface area (Å²) in [5, 5.41) is 9.50. The molecule has 2 rings (SSSR count). The lowest BCUT2D eigenvalue weighted by atomic mass is 10.0. The van der Waals surface area contributed by atoms with Crippen LogP contribution in [0, 0.1) is 0 Å². The molecule has 2 heteroatoms. The van der Waals surface area contributed by atoms with Gasteiger partial charge >= 0.3 is 0 Å². The van der Waals surface area contributed by atoms with E-state index in [1.54, 1.807) is 0 Å². The van der Waals surface area contributed by atoms with Crippen molar-refractivity contribution in [2.45, 2.75) is 31.8 Å². The number of anilines is 1. The maximum Gasteiger partial charge on any atom is 0.0546 e. The number of aryl methyl sites for hydroxylation is 2. The average molecular weight is 177 g/mol. The molecular weight excluding hydrogens is 162 g/mol. The van der Waals surface area contributed by atoms with Crippen molar-refractivity contribution in [1.82, 2.24) is 0 Å². The van der Waals surface area contributed by atoms with E-state index < -0.39 is 0 Å². The van der Waals surface area contributed by atoms with Gasteiger partial charge in [0.15, 0.2) is 0 Å². The highest BCUT2D eigenvalue weighted by Crippen LogP contribution is 2.22. The molecule has 1 aliphatic carbocycles. The lowest BCUT2D eigenvalue weighted by molar-refractivity contribution is 0.158. The second kappa shape index (κ2) is 3.38. The molecule has 3 N–H and O–H groups in total. The van der Waals surface area contributed by atoms with E-state index >= 15 is 0 Å². The summed E-state index contributed by atoms with van der Waals surface area (Å²) in [6.07, 6.45) is 3.57. The number of rotatable bonds is 0. The second-order valence-corrected chi connectivity index (χ2v) is 3.76. The highest BCUT2D eigenvalue weighted by molar-refractivity contribution is 5.45. The fraction of sp³-hybridized carbons (Fsp3) is 0.455. The van der Waals surface area contributed by atoms with Crippen LogP contribution in [-0.4, -0.2) is 11.2 Å². The summed E-state index contributed by atoms with van der Waals surface area (Å²) in [4.78, 5) is 0. The topological polar surface area (TPSA) is 46.2 Å². The third kappa shape index (κ3) is 1.83. The van der Waals surface area contributed by atoms with Gasteiger partial charge in [-0.1, -0.05) is 6.07 Å². The van der Waals surface area contributed by atoms with Crippen LogP contribution in [0.4, 0.5) is 5.69 Å². The summed E-state index contributed by atoms with van der Waals surface area (Å²) in [6, 6.07) is 6.06. The summed E-state index contributed by atoms with van der Waals surface area (Å²) < 4.78 is 0. The first-order chi connectivity index (χ1) is 6.25. The molecule has 70 valence electrons. The summed E-state index contributed by atoms with van der Waals surface area (Å²) in [6.45, 7) is 0. The Labute approximate surface area is 78.4 Å². The Balaban J connectivity index is 2.30. The molecule has 0 radical (unpaired) electrons. The summed E-state index contributed by atoms with van der Waals surface area (Å²) >= 11 is 0. The van der Waals surface area contributed by atoms with Crippen LogP contribution in [0.25, 0.3) is 0 Å². The van der Waals surface area contributed by atoms with E-state index in [1.807, 2.05) is 12.1 Å². The molecule has 0 aromatic heterocycles. The van der Waals surface area contributed by atoms with Gasteiger partial charge < -0.3 is 10.8 Å². The number of hydrogen-bond donors (Lipinski definition) is 2. The highest BCUT2D eigenvalue weighted by Gasteiger charge is 2.13. The summed E-state index contributed by atoms with van der Waals surface area (Å²) in [7, 11) is 0. The number of nitrogen functional groups attached to an aromatic ring is 1. The first kappa shape index (κ1) is 8.57. The molecule has 0 fully saturated rings. The molecule has 1 unspecified atom stereocenters. The van der Waals surface area contributed by atoms with Gasteiger partial charge in [0, 0.05) is 5.69 Å². The zero-order chi connectivity index (χ0) is 9.26. The van der Waals surface area contributed by atoms with E-state index in [0.29, 0.717) is 0 Å². The van der Waals surface area contributed by atoms with Gasteiger partial charge in [-0.2, -0.15) is 0 Å². The van der Waals surface area contributed by atoms with Crippen molar-refractivity contribution >= 4 is 5.69 Å². The zero-order valence-electron chi connectivity index (χ0n) is 7.66. The molecule has 0 heterocycles. The Morgan fingerprint density at radius 2 is 1.85 bits per heavy atom. The normalized spacial score (nSPS) is 22.1. The summed E-state index contributed by atoms with van der Waals surface area (Å²) in [5.74, 6) is 0. The van der Waals surface area contributed by atoms with Gasteiger partial charge in [-0.15, -0.1) is 0 Å². The molecule has 1 aromatic rings. The predicted octanol–water partition coefficient (Wildman–Crippen LogP) is 1.51.